The van der Waals surface area contributed by atoms with Crippen molar-refractivity contribution in [2.24, 2.45) is 4.99 Å². The maximum absolute atomic E-state index is 5.69. The molecule has 1 aromatic rings. The van der Waals surface area contributed by atoms with E-state index in [1.807, 2.05) is 7.05 Å². The molecule has 2 N–H and O–H groups in total. The predicted octanol–water partition coefficient (Wildman–Crippen LogP) is 2.46. The van der Waals surface area contributed by atoms with E-state index in [9.17, 15) is 0 Å². The lowest BCUT2D eigenvalue weighted by molar-refractivity contribution is -0.0164. The standard InChI is InChI=1S/C24H39N5O/c1-20-16-22(18-28(20)17-21-8-4-3-5-9-21)27-23(25-2)26-19-24(10-14-30-15-11-24)29-12-6-7-13-29/h3-5,8-9,20,22H,6-7,10-19H2,1-2H3,(H2,25,26,27). The van der Waals surface area contributed by atoms with Crippen molar-refractivity contribution >= 4 is 5.96 Å². The quantitative estimate of drug-likeness (QED) is 0.554. The van der Waals surface area contributed by atoms with Gasteiger partial charge in [0.2, 0.25) is 0 Å². The Kier molecular flexibility index (Phi) is 7.28. The number of benzene rings is 1. The molecular weight excluding hydrogens is 374 g/mol. The second-order valence-electron chi connectivity index (χ2n) is 9.30. The van der Waals surface area contributed by atoms with E-state index in [1.54, 1.807) is 0 Å². The molecule has 1 aromatic carbocycles. The Morgan fingerprint density at radius 2 is 1.90 bits per heavy atom. The van der Waals surface area contributed by atoms with Crippen LogP contribution in [0.15, 0.2) is 35.3 Å². The number of hydrogen-bond acceptors (Lipinski definition) is 4. The molecule has 6 heteroatoms. The van der Waals surface area contributed by atoms with Crippen LogP contribution in [0.25, 0.3) is 0 Å². The van der Waals surface area contributed by atoms with Crippen LogP contribution < -0.4 is 10.6 Å². The average Bonchev–Trinajstić information content (AvgIpc) is 3.43. The second kappa shape index (κ2) is 10.1. The van der Waals surface area contributed by atoms with E-state index in [1.165, 1.54) is 31.5 Å². The summed E-state index contributed by atoms with van der Waals surface area (Å²) in [6.45, 7) is 9.56. The van der Waals surface area contributed by atoms with Crippen molar-refractivity contribution < 1.29 is 4.74 Å². The van der Waals surface area contributed by atoms with Crippen molar-refractivity contribution in [3.05, 3.63) is 35.9 Å². The Morgan fingerprint density at radius 1 is 1.17 bits per heavy atom. The Hall–Kier alpha value is -1.63. The lowest BCUT2D eigenvalue weighted by atomic mass is 9.88. The van der Waals surface area contributed by atoms with Crippen LogP contribution in [0.4, 0.5) is 0 Å². The first-order valence-electron chi connectivity index (χ1n) is 11.8. The van der Waals surface area contributed by atoms with Crippen molar-refractivity contribution in [3.8, 4) is 0 Å². The number of hydrogen-bond donors (Lipinski definition) is 2. The molecule has 3 saturated heterocycles. The summed E-state index contributed by atoms with van der Waals surface area (Å²) in [7, 11) is 1.89. The fourth-order valence-corrected chi connectivity index (χ4v) is 5.43. The van der Waals surface area contributed by atoms with Crippen LogP contribution in [0.3, 0.4) is 0 Å². The van der Waals surface area contributed by atoms with Crippen molar-refractivity contribution in [3.63, 3.8) is 0 Å². The van der Waals surface area contributed by atoms with E-state index < -0.39 is 0 Å². The lowest BCUT2D eigenvalue weighted by Crippen LogP contribution is -2.59. The molecule has 0 aromatic heterocycles. The van der Waals surface area contributed by atoms with Gasteiger partial charge >= 0.3 is 0 Å². The van der Waals surface area contributed by atoms with Crippen LogP contribution in [0.2, 0.25) is 0 Å². The molecule has 0 spiro atoms. The molecule has 3 heterocycles. The predicted molar refractivity (Wildman–Crippen MR) is 123 cm³/mol. The summed E-state index contributed by atoms with van der Waals surface area (Å²) < 4.78 is 5.69. The number of aliphatic imine (C=N–C) groups is 1. The third-order valence-electron chi connectivity index (χ3n) is 7.28. The molecule has 0 saturated carbocycles. The fraction of sp³-hybridized carbons (Fsp3) is 0.708. The number of likely N-dealkylation sites (tertiary alicyclic amines) is 2. The molecule has 166 valence electrons. The van der Waals surface area contributed by atoms with Gasteiger partial charge in [-0.05, 0) is 57.7 Å². The highest BCUT2D eigenvalue weighted by molar-refractivity contribution is 5.80. The molecule has 2 unspecified atom stereocenters. The van der Waals surface area contributed by atoms with Gasteiger partial charge in [0.15, 0.2) is 5.96 Å². The Bertz CT molecular complexity index is 682. The maximum atomic E-state index is 5.69. The summed E-state index contributed by atoms with van der Waals surface area (Å²) >= 11 is 0. The zero-order valence-electron chi connectivity index (χ0n) is 18.8. The third kappa shape index (κ3) is 5.16. The van der Waals surface area contributed by atoms with E-state index in [0.29, 0.717) is 12.1 Å². The van der Waals surface area contributed by atoms with Gasteiger partial charge < -0.3 is 15.4 Å². The van der Waals surface area contributed by atoms with E-state index in [0.717, 1.165) is 58.1 Å². The molecular formula is C24H39N5O. The molecule has 0 bridgehead atoms. The monoisotopic (exact) mass is 413 g/mol. The summed E-state index contributed by atoms with van der Waals surface area (Å²) in [4.78, 5) is 9.83. The zero-order valence-corrected chi connectivity index (χ0v) is 18.8. The largest absolute Gasteiger partial charge is 0.381 e. The molecule has 0 amide bonds. The first-order chi connectivity index (χ1) is 14.7. The lowest BCUT2D eigenvalue weighted by Gasteiger charge is -2.45. The first kappa shape index (κ1) is 21.6. The molecule has 4 rings (SSSR count). The van der Waals surface area contributed by atoms with Gasteiger partial charge in [-0.15, -0.1) is 0 Å². The molecule has 3 aliphatic rings. The topological polar surface area (TPSA) is 52.1 Å². The van der Waals surface area contributed by atoms with Crippen LogP contribution in [-0.4, -0.2) is 79.8 Å². The fourth-order valence-electron chi connectivity index (χ4n) is 5.43. The van der Waals surface area contributed by atoms with Crippen molar-refractivity contribution in [1.82, 2.24) is 20.4 Å². The molecule has 0 radical (unpaired) electrons. The smallest absolute Gasteiger partial charge is 0.191 e. The van der Waals surface area contributed by atoms with Gasteiger partial charge in [-0.25, -0.2) is 0 Å². The van der Waals surface area contributed by atoms with Gasteiger partial charge in [0.1, 0.15) is 0 Å². The highest BCUT2D eigenvalue weighted by atomic mass is 16.5. The minimum atomic E-state index is 0.217. The number of nitrogens with zero attached hydrogens (tertiary/aromatic N) is 3. The highest BCUT2D eigenvalue weighted by Crippen LogP contribution is 2.30. The number of guanidine groups is 1. The Labute approximate surface area is 182 Å². The summed E-state index contributed by atoms with van der Waals surface area (Å²) in [6.07, 6.45) is 6.03. The second-order valence-corrected chi connectivity index (χ2v) is 9.30. The Morgan fingerprint density at radius 3 is 2.60 bits per heavy atom. The minimum Gasteiger partial charge on any atom is -0.381 e. The van der Waals surface area contributed by atoms with E-state index in [2.05, 4.69) is 62.7 Å². The first-order valence-corrected chi connectivity index (χ1v) is 11.8. The van der Waals surface area contributed by atoms with Crippen molar-refractivity contribution in [2.75, 3.05) is 46.4 Å². The van der Waals surface area contributed by atoms with Gasteiger partial charge in [0.25, 0.3) is 0 Å². The molecule has 2 atom stereocenters. The molecule has 3 aliphatic heterocycles. The summed E-state index contributed by atoms with van der Waals surface area (Å²) in [6, 6.07) is 11.8. The van der Waals surface area contributed by atoms with Gasteiger partial charge in [-0.1, -0.05) is 30.3 Å². The summed E-state index contributed by atoms with van der Waals surface area (Å²) in [5.41, 5.74) is 1.61. The highest BCUT2D eigenvalue weighted by Gasteiger charge is 2.40. The number of ether oxygens (including phenoxy) is 1. The normalized spacial score (nSPS) is 28.0. The summed E-state index contributed by atoms with van der Waals surface area (Å²) in [5, 5.41) is 7.39. The van der Waals surface area contributed by atoms with Crippen LogP contribution in [0, 0.1) is 0 Å². The van der Waals surface area contributed by atoms with Crippen LogP contribution in [0.1, 0.15) is 44.6 Å². The van der Waals surface area contributed by atoms with E-state index in [4.69, 9.17) is 4.74 Å². The van der Waals surface area contributed by atoms with Gasteiger partial charge in [0, 0.05) is 57.5 Å². The number of nitrogens with one attached hydrogen (secondary N) is 2. The number of rotatable bonds is 6. The SMILES string of the molecule is CN=C(NCC1(N2CCCC2)CCOCC1)NC1CC(C)N(Cc2ccccc2)C1. The van der Waals surface area contributed by atoms with Gasteiger partial charge in [0.05, 0.1) is 0 Å². The third-order valence-corrected chi connectivity index (χ3v) is 7.28. The molecule has 3 fully saturated rings. The molecule has 6 nitrogen and oxygen atoms in total. The zero-order chi connectivity index (χ0) is 20.8. The Balaban J connectivity index is 1.31. The van der Waals surface area contributed by atoms with Gasteiger partial charge in [-0.2, -0.15) is 0 Å². The molecule has 0 aliphatic carbocycles. The van der Waals surface area contributed by atoms with E-state index >= 15 is 0 Å². The molecule has 30 heavy (non-hydrogen) atoms. The van der Waals surface area contributed by atoms with Crippen molar-refractivity contribution in [2.45, 2.75) is 63.2 Å². The summed E-state index contributed by atoms with van der Waals surface area (Å²) in [5.74, 6) is 0.943. The van der Waals surface area contributed by atoms with Crippen LogP contribution in [-0.2, 0) is 11.3 Å². The van der Waals surface area contributed by atoms with Crippen LogP contribution >= 0.6 is 0 Å². The van der Waals surface area contributed by atoms with Gasteiger partial charge in [-0.3, -0.25) is 14.8 Å². The minimum absolute atomic E-state index is 0.217. The maximum Gasteiger partial charge on any atom is 0.191 e. The van der Waals surface area contributed by atoms with Crippen molar-refractivity contribution in [1.29, 1.82) is 0 Å². The average molecular weight is 414 g/mol. The van der Waals surface area contributed by atoms with E-state index in [-0.39, 0.29) is 5.54 Å². The van der Waals surface area contributed by atoms with Crippen LogP contribution in [0.5, 0.6) is 0 Å².